The summed E-state index contributed by atoms with van der Waals surface area (Å²) in [6.45, 7) is 0. The van der Waals surface area contributed by atoms with Crippen molar-refractivity contribution < 1.29 is 24.6 Å². The maximum absolute atomic E-state index is 12.1. The molecule has 45 heavy (non-hydrogen) atoms. The highest BCUT2D eigenvalue weighted by Crippen LogP contribution is 2.17. The molecule has 0 unspecified atom stereocenters. The van der Waals surface area contributed by atoms with Crippen molar-refractivity contribution in [2.24, 2.45) is 10.9 Å². The van der Waals surface area contributed by atoms with Gasteiger partial charge < -0.3 is 10.2 Å². The highest BCUT2D eigenvalue weighted by Gasteiger charge is 2.05. The smallest absolute Gasteiger partial charge is 0.271 e. The molecule has 0 aromatic heterocycles. The van der Waals surface area contributed by atoms with Gasteiger partial charge in [-0.2, -0.15) is 5.10 Å². The average Bonchev–Trinajstić information content (AvgIpc) is 3.09. The van der Waals surface area contributed by atoms with E-state index in [2.05, 4.69) is 16.0 Å². The Kier molecular flexibility index (Phi) is 11.1. The second-order valence-electron chi connectivity index (χ2n) is 9.53. The zero-order valence-corrected chi connectivity index (χ0v) is 24.0. The lowest BCUT2D eigenvalue weighted by atomic mass is 10.1. The van der Waals surface area contributed by atoms with Gasteiger partial charge in [-0.3, -0.25) is 19.8 Å². The number of aldehydes is 1. The zero-order chi connectivity index (χ0) is 32.0. The molecule has 224 valence electrons. The topological polar surface area (TPSA) is 154 Å². The number of phenols is 2. The van der Waals surface area contributed by atoms with E-state index in [1.54, 1.807) is 54.6 Å². The molecule has 0 aliphatic heterocycles. The van der Waals surface area contributed by atoms with E-state index in [0.29, 0.717) is 28.5 Å². The number of aromatic hydroxyl groups is 2. The van der Waals surface area contributed by atoms with Crippen molar-refractivity contribution >= 4 is 45.9 Å². The van der Waals surface area contributed by atoms with Gasteiger partial charge in [0.05, 0.1) is 11.8 Å². The summed E-state index contributed by atoms with van der Waals surface area (Å²) in [6.07, 6.45) is 2.03. The first-order chi connectivity index (χ1) is 21.9. The second-order valence-corrected chi connectivity index (χ2v) is 9.53. The lowest BCUT2D eigenvalue weighted by Gasteiger charge is -2.02. The summed E-state index contributed by atoms with van der Waals surface area (Å²) < 4.78 is 0. The SMILES string of the molecule is NNC(=O)c1ccc2ccccc2c1.O=C(N/N=C/c1ccccc1O)c1ccc2ccccc2c1.O=Cc1ccccc1O. The molecule has 6 rings (SSSR count). The number of rotatable bonds is 5. The van der Waals surface area contributed by atoms with Crippen LogP contribution in [0, 0.1) is 0 Å². The summed E-state index contributed by atoms with van der Waals surface area (Å²) in [5.41, 5.74) is 6.55. The van der Waals surface area contributed by atoms with Crippen LogP contribution in [0.2, 0.25) is 0 Å². The van der Waals surface area contributed by atoms with Crippen molar-refractivity contribution in [1.82, 2.24) is 10.9 Å². The summed E-state index contributed by atoms with van der Waals surface area (Å²) >= 11 is 0. The number of hydrogen-bond donors (Lipinski definition) is 5. The molecule has 0 aliphatic carbocycles. The molecular formula is C36H30N4O5. The average molecular weight is 599 g/mol. The number of carbonyl (C=O) groups is 3. The van der Waals surface area contributed by atoms with Crippen LogP contribution in [0.1, 0.15) is 36.6 Å². The van der Waals surface area contributed by atoms with Crippen LogP contribution < -0.4 is 16.7 Å². The van der Waals surface area contributed by atoms with E-state index in [1.807, 2.05) is 72.8 Å². The Hall–Kier alpha value is -6.32. The fourth-order valence-electron chi connectivity index (χ4n) is 4.15. The number of nitrogens with two attached hydrogens (primary N) is 1. The number of benzene rings is 6. The molecule has 0 heterocycles. The summed E-state index contributed by atoms with van der Waals surface area (Å²) in [5.74, 6) is 4.64. The van der Waals surface area contributed by atoms with Gasteiger partial charge in [-0.25, -0.2) is 11.3 Å². The van der Waals surface area contributed by atoms with Crippen LogP contribution in [0.3, 0.4) is 0 Å². The summed E-state index contributed by atoms with van der Waals surface area (Å²) in [5, 5.41) is 26.6. The third-order valence-electron chi connectivity index (χ3n) is 6.52. The van der Waals surface area contributed by atoms with Gasteiger partial charge in [0, 0.05) is 16.7 Å². The van der Waals surface area contributed by atoms with Crippen LogP contribution in [0.25, 0.3) is 21.5 Å². The fourth-order valence-corrected chi connectivity index (χ4v) is 4.15. The van der Waals surface area contributed by atoms with Gasteiger partial charge in [0.15, 0.2) is 6.29 Å². The Labute approximate surface area is 259 Å². The molecule has 0 saturated carbocycles. The minimum absolute atomic E-state index is 0.0347. The molecule has 2 amide bonds. The van der Waals surface area contributed by atoms with Crippen molar-refractivity contribution in [3.8, 4) is 11.5 Å². The minimum atomic E-state index is -0.294. The number of carbonyl (C=O) groups excluding carboxylic acids is 3. The number of hydrogen-bond acceptors (Lipinski definition) is 7. The molecule has 0 radical (unpaired) electrons. The predicted octanol–water partition coefficient (Wildman–Crippen LogP) is 5.96. The number of hydrazine groups is 1. The fraction of sp³-hybridized carbons (Fsp3) is 0. The van der Waals surface area contributed by atoms with Gasteiger partial charge in [-0.05, 0) is 70.1 Å². The molecule has 9 heteroatoms. The van der Waals surface area contributed by atoms with E-state index in [9.17, 15) is 19.5 Å². The number of nitrogen functional groups attached to an aromatic ring is 1. The van der Waals surface area contributed by atoms with Crippen LogP contribution in [0.15, 0.2) is 139 Å². The van der Waals surface area contributed by atoms with E-state index in [0.717, 1.165) is 21.5 Å². The highest BCUT2D eigenvalue weighted by molar-refractivity contribution is 5.99. The summed E-state index contributed by atoms with van der Waals surface area (Å²) in [6, 6.07) is 39.8. The number of nitrogens with one attached hydrogen (secondary N) is 2. The molecular weight excluding hydrogens is 568 g/mol. The van der Waals surface area contributed by atoms with Gasteiger partial charge >= 0.3 is 0 Å². The van der Waals surface area contributed by atoms with Crippen molar-refractivity contribution in [2.45, 2.75) is 0 Å². The first kappa shape index (κ1) is 31.6. The van der Waals surface area contributed by atoms with Crippen molar-refractivity contribution in [1.29, 1.82) is 0 Å². The maximum Gasteiger partial charge on any atom is 0.271 e. The Bertz CT molecular complexity index is 1970. The number of hydrazone groups is 1. The Balaban J connectivity index is 0.000000171. The monoisotopic (exact) mass is 598 g/mol. The van der Waals surface area contributed by atoms with Gasteiger partial charge in [0.25, 0.3) is 11.8 Å². The largest absolute Gasteiger partial charge is 0.507 e. The van der Waals surface area contributed by atoms with Gasteiger partial charge in [-0.1, -0.05) is 84.9 Å². The van der Waals surface area contributed by atoms with Crippen molar-refractivity contribution in [2.75, 3.05) is 0 Å². The van der Waals surface area contributed by atoms with Crippen LogP contribution in [-0.4, -0.2) is 34.5 Å². The Morgan fingerprint density at radius 1 is 0.578 bits per heavy atom. The number of phenolic OH excluding ortho intramolecular Hbond substituents is 2. The summed E-state index contributed by atoms with van der Waals surface area (Å²) in [7, 11) is 0. The molecule has 6 N–H and O–H groups in total. The van der Waals surface area contributed by atoms with Crippen molar-refractivity contribution in [3.05, 3.63) is 156 Å². The Morgan fingerprint density at radius 2 is 1.02 bits per heavy atom. The van der Waals surface area contributed by atoms with E-state index in [-0.39, 0.29) is 23.3 Å². The lowest BCUT2D eigenvalue weighted by molar-refractivity contribution is 0.0946. The third kappa shape index (κ3) is 8.84. The number of para-hydroxylation sites is 2. The zero-order valence-electron chi connectivity index (χ0n) is 24.0. The number of fused-ring (bicyclic) bond motifs is 2. The lowest BCUT2D eigenvalue weighted by Crippen LogP contribution is -2.29. The molecule has 6 aromatic carbocycles. The van der Waals surface area contributed by atoms with Crippen LogP contribution >= 0.6 is 0 Å². The molecule has 0 fully saturated rings. The molecule has 6 aromatic rings. The second kappa shape index (κ2) is 15.8. The van der Waals surface area contributed by atoms with Gasteiger partial charge in [-0.15, -0.1) is 0 Å². The maximum atomic E-state index is 12.1. The highest BCUT2D eigenvalue weighted by atomic mass is 16.3. The molecule has 0 atom stereocenters. The predicted molar refractivity (Wildman–Crippen MR) is 176 cm³/mol. The molecule has 0 aliphatic rings. The van der Waals surface area contributed by atoms with Crippen LogP contribution in [-0.2, 0) is 0 Å². The Morgan fingerprint density at radius 3 is 1.49 bits per heavy atom. The first-order valence-electron chi connectivity index (χ1n) is 13.7. The van der Waals surface area contributed by atoms with E-state index >= 15 is 0 Å². The molecule has 0 spiro atoms. The number of amides is 2. The van der Waals surface area contributed by atoms with Gasteiger partial charge in [0.1, 0.15) is 11.5 Å². The minimum Gasteiger partial charge on any atom is -0.507 e. The quantitative estimate of drug-likeness (QED) is 0.0543. The molecule has 9 nitrogen and oxygen atoms in total. The first-order valence-corrected chi connectivity index (χ1v) is 13.7. The van der Waals surface area contributed by atoms with Gasteiger partial charge in [0.2, 0.25) is 0 Å². The van der Waals surface area contributed by atoms with E-state index in [4.69, 9.17) is 10.9 Å². The normalized spacial score (nSPS) is 10.2. The summed E-state index contributed by atoms with van der Waals surface area (Å²) in [4.78, 5) is 33.4. The van der Waals surface area contributed by atoms with Crippen LogP contribution in [0.5, 0.6) is 11.5 Å². The molecule has 0 saturated heterocycles. The number of nitrogens with zero attached hydrogens (tertiary/aromatic N) is 1. The van der Waals surface area contributed by atoms with Crippen LogP contribution in [0.4, 0.5) is 0 Å². The third-order valence-corrected chi connectivity index (χ3v) is 6.52. The van der Waals surface area contributed by atoms with E-state index < -0.39 is 0 Å². The molecule has 0 bridgehead atoms. The standard InChI is InChI=1S/C18H14N2O2.C11H10N2O.C7H6O2/c21-17-8-4-3-7-16(17)12-19-20-18(22)15-10-9-13-5-1-2-6-14(13)11-15;12-13-11(14)10-6-5-8-3-1-2-4-9(8)7-10;8-5-6-3-1-2-4-7(6)9/h1-12,21H,(H,20,22);1-7H,12H2,(H,13,14);1-5,9H/b19-12+;;. The van der Waals surface area contributed by atoms with E-state index in [1.165, 1.54) is 12.3 Å². The van der Waals surface area contributed by atoms with Crippen molar-refractivity contribution in [3.63, 3.8) is 0 Å².